The van der Waals surface area contributed by atoms with Gasteiger partial charge in [-0.3, -0.25) is 4.79 Å². The smallest absolute Gasteiger partial charge is 0.254 e. The van der Waals surface area contributed by atoms with Gasteiger partial charge in [-0.1, -0.05) is 6.08 Å². The Kier molecular flexibility index (Phi) is 6.16. The first-order valence-corrected chi connectivity index (χ1v) is 7.41. The van der Waals surface area contributed by atoms with Crippen LogP contribution in [0.2, 0.25) is 0 Å². The molecule has 0 saturated carbocycles. The number of anilines is 2. The molecule has 0 fully saturated rings. The number of hydrogen-bond donors (Lipinski definition) is 2. The number of nitrogens with zero attached hydrogens (tertiary/aromatic N) is 2. The van der Waals surface area contributed by atoms with Crippen LogP contribution in [0.25, 0.3) is 0 Å². The first kappa shape index (κ1) is 18.1. The van der Waals surface area contributed by atoms with Gasteiger partial charge in [-0.2, -0.15) is 0 Å². The number of ether oxygens (including phenoxy) is 3. The molecule has 1 heterocycles. The number of aromatic nitrogens is 2. The highest BCUT2D eigenvalue weighted by atomic mass is 16.5. The first-order valence-electron chi connectivity index (χ1n) is 7.41. The Hall–Kier alpha value is -3.29. The monoisotopic (exact) mass is 344 g/mol. The maximum Gasteiger partial charge on any atom is 0.254 e. The predicted molar refractivity (Wildman–Crippen MR) is 93.9 cm³/mol. The molecule has 1 aromatic carbocycles. The molecule has 1 aromatic heterocycles. The third-order valence-corrected chi connectivity index (χ3v) is 3.24. The molecule has 2 aromatic rings. The van der Waals surface area contributed by atoms with E-state index >= 15 is 0 Å². The lowest BCUT2D eigenvalue weighted by Crippen LogP contribution is -2.23. The van der Waals surface area contributed by atoms with Crippen molar-refractivity contribution < 1.29 is 19.0 Å². The van der Waals surface area contributed by atoms with Gasteiger partial charge < -0.3 is 24.8 Å². The minimum absolute atomic E-state index is 0.265. The van der Waals surface area contributed by atoms with Crippen LogP contribution in [-0.2, 0) is 0 Å². The van der Waals surface area contributed by atoms with Crippen molar-refractivity contribution in [1.82, 2.24) is 15.3 Å². The lowest BCUT2D eigenvalue weighted by Gasteiger charge is -2.14. The molecule has 0 saturated heterocycles. The second-order valence-electron chi connectivity index (χ2n) is 4.83. The summed E-state index contributed by atoms with van der Waals surface area (Å²) in [7, 11) is 4.61. The van der Waals surface area contributed by atoms with Gasteiger partial charge in [-0.05, 0) is 0 Å². The van der Waals surface area contributed by atoms with Gasteiger partial charge in [0, 0.05) is 36.8 Å². The fraction of sp³-hybridized carbons (Fsp3) is 0.235. The topological polar surface area (TPSA) is 94.6 Å². The fourth-order valence-electron chi connectivity index (χ4n) is 2.06. The quantitative estimate of drug-likeness (QED) is 0.709. The number of methoxy groups -OCH3 is 3. The third kappa shape index (κ3) is 4.37. The Morgan fingerprint density at radius 2 is 1.72 bits per heavy atom. The summed E-state index contributed by atoms with van der Waals surface area (Å²) in [5, 5.41) is 5.68. The molecule has 0 aliphatic heterocycles. The molecule has 0 spiro atoms. The van der Waals surface area contributed by atoms with Gasteiger partial charge in [-0.25, -0.2) is 9.97 Å². The van der Waals surface area contributed by atoms with Crippen molar-refractivity contribution in [1.29, 1.82) is 0 Å². The molecule has 2 N–H and O–H groups in total. The minimum atomic E-state index is -0.265. The molecule has 8 heteroatoms. The van der Waals surface area contributed by atoms with E-state index in [4.69, 9.17) is 14.2 Å². The van der Waals surface area contributed by atoms with Gasteiger partial charge in [-0.15, -0.1) is 6.58 Å². The maximum absolute atomic E-state index is 11.8. The highest BCUT2D eigenvalue weighted by Gasteiger charge is 2.14. The van der Waals surface area contributed by atoms with Gasteiger partial charge in [0.1, 0.15) is 0 Å². The summed E-state index contributed by atoms with van der Waals surface area (Å²) >= 11 is 0. The second-order valence-corrected chi connectivity index (χ2v) is 4.83. The van der Waals surface area contributed by atoms with E-state index in [0.29, 0.717) is 41.0 Å². The highest BCUT2D eigenvalue weighted by molar-refractivity contribution is 5.93. The molecule has 0 unspecified atom stereocenters. The lowest BCUT2D eigenvalue weighted by molar-refractivity contribution is 0.0957. The summed E-state index contributed by atoms with van der Waals surface area (Å²) in [5.74, 6) is 1.56. The van der Waals surface area contributed by atoms with Crippen LogP contribution in [0.1, 0.15) is 10.4 Å². The summed E-state index contributed by atoms with van der Waals surface area (Å²) in [5.41, 5.74) is 1.01. The van der Waals surface area contributed by atoms with Crippen molar-refractivity contribution in [2.45, 2.75) is 0 Å². The molecule has 0 aliphatic rings. The van der Waals surface area contributed by atoms with Crippen LogP contribution in [0.15, 0.2) is 37.2 Å². The van der Waals surface area contributed by atoms with E-state index in [1.807, 2.05) is 0 Å². The zero-order chi connectivity index (χ0) is 18.2. The van der Waals surface area contributed by atoms with Crippen LogP contribution >= 0.6 is 0 Å². The van der Waals surface area contributed by atoms with Crippen molar-refractivity contribution in [3.8, 4) is 17.2 Å². The largest absolute Gasteiger partial charge is 0.493 e. The molecule has 0 atom stereocenters. The molecule has 25 heavy (non-hydrogen) atoms. The maximum atomic E-state index is 11.8. The number of carbonyl (C=O) groups is 1. The van der Waals surface area contributed by atoms with E-state index in [1.54, 1.807) is 18.2 Å². The van der Waals surface area contributed by atoms with Crippen molar-refractivity contribution in [3.05, 3.63) is 42.7 Å². The number of nitrogens with one attached hydrogen (secondary N) is 2. The van der Waals surface area contributed by atoms with Gasteiger partial charge in [0.05, 0.1) is 26.9 Å². The minimum Gasteiger partial charge on any atom is -0.493 e. The normalized spacial score (nSPS) is 9.88. The van der Waals surface area contributed by atoms with E-state index in [1.165, 1.54) is 33.7 Å². The number of rotatable bonds is 8. The van der Waals surface area contributed by atoms with Crippen LogP contribution in [0.3, 0.4) is 0 Å². The van der Waals surface area contributed by atoms with Crippen molar-refractivity contribution >= 4 is 17.5 Å². The Morgan fingerprint density at radius 1 is 1.12 bits per heavy atom. The van der Waals surface area contributed by atoms with Crippen LogP contribution in [0, 0.1) is 0 Å². The molecule has 2 rings (SSSR count). The molecule has 0 radical (unpaired) electrons. The standard InChI is InChI=1S/C17H20N4O4/c1-5-6-18-16(22)11-9-19-17(20-10-11)21-12-7-13(23-2)15(25-4)14(8-12)24-3/h5,7-10H,1,6H2,2-4H3,(H,18,22)(H,19,20,21). The zero-order valence-electron chi connectivity index (χ0n) is 14.3. The summed E-state index contributed by atoms with van der Waals surface area (Å²) in [6.45, 7) is 3.92. The average molecular weight is 344 g/mol. The Morgan fingerprint density at radius 3 is 2.20 bits per heavy atom. The van der Waals surface area contributed by atoms with Gasteiger partial charge in [0.25, 0.3) is 5.91 Å². The summed E-state index contributed by atoms with van der Waals surface area (Å²) in [6.07, 6.45) is 4.47. The SMILES string of the molecule is C=CCNC(=O)c1cnc(Nc2cc(OC)c(OC)c(OC)c2)nc1. The van der Waals surface area contributed by atoms with Crippen molar-refractivity contribution in [2.24, 2.45) is 0 Å². The number of benzene rings is 1. The van der Waals surface area contributed by atoms with Crippen molar-refractivity contribution in [3.63, 3.8) is 0 Å². The average Bonchev–Trinajstić information content (AvgIpc) is 2.65. The van der Waals surface area contributed by atoms with Crippen LogP contribution in [0.5, 0.6) is 17.2 Å². The fourth-order valence-corrected chi connectivity index (χ4v) is 2.06. The number of carbonyl (C=O) groups excluding carboxylic acids is 1. The highest BCUT2D eigenvalue weighted by Crippen LogP contribution is 2.40. The summed E-state index contributed by atoms with van der Waals surface area (Å²) in [4.78, 5) is 20.1. The van der Waals surface area contributed by atoms with E-state index in [-0.39, 0.29) is 5.91 Å². The molecule has 0 aliphatic carbocycles. The van der Waals surface area contributed by atoms with Crippen LogP contribution in [0.4, 0.5) is 11.6 Å². The molecule has 1 amide bonds. The Labute approximate surface area is 145 Å². The van der Waals surface area contributed by atoms with Crippen LogP contribution in [-0.4, -0.2) is 43.7 Å². The van der Waals surface area contributed by atoms with E-state index in [0.717, 1.165) is 0 Å². The van der Waals surface area contributed by atoms with Crippen molar-refractivity contribution in [2.75, 3.05) is 33.2 Å². The van der Waals surface area contributed by atoms with E-state index in [9.17, 15) is 4.79 Å². The number of hydrogen-bond acceptors (Lipinski definition) is 7. The van der Waals surface area contributed by atoms with E-state index < -0.39 is 0 Å². The summed E-state index contributed by atoms with van der Waals surface area (Å²) < 4.78 is 15.9. The lowest BCUT2D eigenvalue weighted by atomic mass is 10.2. The Bertz CT molecular complexity index is 722. The van der Waals surface area contributed by atoms with Gasteiger partial charge in [0.2, 0.25) is 11.7 Å². The second kappa shape index (κ2) is 8.53. The molecule has 8 nitrogen and oxygen atoms in total. The Balaban J connectivity index is 2.19. The molecule has 0 bridgehead atoms. The third-order valence-electron chi connectivity index (χ3n) is 3.24. The van der Waals surface area contributed by atoms with Gasteiger partial charge in [0.15, 0.2) is 11.5 Å². The zero-order valence-corrected chi connectivity index (χ0v) is 14.3. The molecular formula is C17H20N4O4. The summed E-state index contributed by atoms with van der Waals surface area (Å²) in [6, 6.07) is 3.46. The predicted octanol–water partition coefficient (Wildman–Crippen LogP) is 2.16. The molecular weight excluding hydrogens is 324 g/mol. The van der Waals surface area contributed by atoms with Crippen LogP contribution < -0.4 is 24.8 Å². The first-order chi connectivity index (χ1) is 12.1. The number of amides is 1. The van der Waals surface area contributed by atoms with Gasteiger partial charge >= 0.3 is 0 Å². The van der Waals surface area contributed by atoms with E-state index in [2.05, 4.69) is 27.2 Å². The molecule has 132 valence electrons.